The Morgan fingerprint density at radius 3 is 2.50 bits per heavy atom. The Bertz CT molecular complexity index is 618. The highest BCUT2D eigenvalue weighted by Crippen LogP contribution is 2.31. The Kier molecular flexibility index (Phi) is 3.39. The monoisotopic (exact) mass is 260 g/mol. The summed E-state index contributed by atoms with van der Waals surface area (Å²) in [7, 11) is 0. The van der Waals surface area contributed by atoms with Crippen molar-refractivity contribution in [2.75, 3.05) is 0 Å². The largest absolute Gasteiger partial charge is 0.478 e. The summed E-state index contributed by atoms with van der Waals surface area (Å²) in [4.78, 5) is 11.0. The molecule has 0 heterocycles. The van der Waals surface area contributed by atoms with Crippen LogP contribution in [0, 0.1) is 13.8 Å². The third-order valence-corrected chi connectivity index (χ3v) is 3.19. The third-order valence-electron chi connectivity index (χ3n) is 2.87. The fourth-order valence-electron chi connectivity index (χ4n) is 1.95. The van der Waals surface area contributed by atoms with Crippen LogP contribution < -0.4 is 0 Å². The van der Waals surface area contributed by atoms with Gasteiger partial charge < -0.3 is 5.11 Å². The molecule has 3 heteroatoms. The van der Waals surface area contributed by atoms with Crippen molar-refractivity contribution in [2.45, 2.75) is 13.8 Å². The van der Waals surface area contributed by atoms with E-state index in [2.05, 4.69) is 0 Å². The summed E-state index contributed by atoms with van der Waals surface area (Å²) in [5, 5.41) is 9.50. The maximum atomic E-state index is 11.0. The van der Waals surface area contributed by atoms with E-state index in [9.17, 15) is 4.79 Å². The molecule has 0 spiro atoms. The van der Waals surface area contributed by atoms with Gasteiger partial charge in [0.15, 0.2) is 0 Å². The molecule has 1 N–H and O–H groups in total. The molecule has 0 saturated carbocycles. The van der Waals surface area contributed by atoms with Crippen molar-refractivity contribution in [1.29, 1.82) is 0 Å². The molecule has 2 aromatic rings. The fraction of sp³-hybridized carbons (Fsp3) is 0.133. The van der Waals surface area contributed by atoms with E-state index in [0.717, 1.165) is 16.7 Å². The van der Waals surface area contributed by atoms with Crippen molar-refractivity contribution in [1.82, 2.24) is 0 Å². The number of rotatable bonds is 2. The second-order valence-electron chi connectivity index (χ2n) is 4.32. The van der Waals surface area contributed by atoms with Gasteiger partial charge in [-0.15, -0.1) is 0 Å². The van der Waals surface area contributed by atoms with Gasteiger partial charge in [-0.05, 0) is 37.1 Å². The number of halogens is 1. The first-order valence-corrected chi connectivity index (χ1v) is 5.97. The van der Waals surface area contributed by atoms with E-state index in [-0.39, 0.29) is 5.56 Å². The van der Waals surface area contributed by atoms with Crippen molar-refractivity contribution < 1.29 is 9.90 Å². The summed E-state index contributed by atoms with van der Waals surface area (Å²) in [6.45, 7) is 3.79. The predicted octanol–water partition coefficient (Wildman–Crippen LogP) is 4.32. The van der Waals surface area contributed by atoms with Gasteiger partial charge in [-0.2, -0.15) is 0 Å². The zero-order valence-corrected chi connectivity index (χ0v) is 11.0. The maximum absolute atomic E-state index is 11.0. The summed E-state index contributed by atoms with van der Waals surface area (Å²) >= 11 is 6.17. The van der Waals surface area contributed by atoms with Gasteiger partial charge in [0.05, 0.1) is 5.56 Å². The van der Waals surface area contributed by atoms with E-state index in [0.29, 0.717) is 10.6 Å². The summed E-state index contributed by atoms with van der Waals surface area (Å²) in [6, 6.07) is 11.3. The number of aromatic carboxylic acids is 1. The second-order valence-corrected chi connectivity index (χ2v) is 4.73. The van der Waals surface area contributed by atoms with Crippen molar-refractivity contribution in [3.05, 3.63) is 58.1 Å². The molecule has 0 amide bonds. The van der Waals surface area contributed by atoms with E-state index in [4.69, 9.17) is 16.7 Å². The normalized spacial score (nSPS) is 10.4. The average molecular weight is 261 g/mol. The molecule has 0 atom stereocenters. The molecule has 0 unspecified atom stereocenters. The van der Waals surface area contributed by atoms with Gasteiger partial charge in [0.2, 0.25) is 0 Å². The Hall–Kier alpha value is -1.80. The zero-order chi connectivity index (χ0) is 13.3. The highest BCUT2D eigenvalue weighted by Gasteiger charge is 2.12. The van der Waals surface area contributed by atoms with Gasteiger partial charge in [0.25, 0.3) is 0 Å². The molecule has 0 aliphatic rings. The Morgan fingerprint density at radius 2 is 1.89 bits per heavy atom. The van der Waals surface area contributed by atoms with Crippen LogP contribution in [-0.4, -0.2) is 11.1 Å². The number of hydrogen-bond donors (Lipinski definition) is 1. The van der Waals surface area contributed by atoms with E-state index >= 15 is 0 Å². The first kappa shape index (κ1) is 12.7. The maximum Gasteiger partial charge on any atom is 0.336 e. The highest BCUT2D eigenvalue weighted by molar-refractivity contribution is 6.33. The van der Waals surface area contributed by atoms with Crippen LogP contribution >= 0.6 is 11.6 Å². The van der Waals surface area contributed by atoms with E-state index in [1.165, 1.54) is 6.07 Å². The van der Waals surface area contributed by atoms with Crippen LogP contribution in [0.5, 0.6) is 0 Å². The molecule has 2 nitrogen and oxygen atoms in total. The van der Waals surface area contributed by atoms with Crippen LogP contribution in [0.1, 0.15) is 21.5 Å². The van der Waals surface area contributed by atoms with Crippen molar-refractivity contribution >= 4 is 17.6 Å². The Labute approximate surface area is 111 Å². The minimum atomic E-state index is -0.954. The van der Waals surface area contributed by atoms with Gasteiger partial charge in [-0.3, -0.25) is 0 Å². The number of benzene rings is 2. The smallest absolute Gasteiger partial charge is 0.336 e. The van der Waals surface area contributed by atoms with Crippen LogP contribution in [0.25, 0.3) is 11.1 Å². The SMILES string of the molecule is Cc1cccc(-c2cc(C)c(C(=O)O)cc2Cl)c1. The Morgan fingerprint density at radius 1 is 1.17 bits per heavy atom. The number of carboxylic acids is 1. The van der Waals surface area contributed by atoms with Crippen LogP contribution in [0.2, 0.25) is 5.02 Å². The van der Waals surface area contributed by atoms with Gasteiger partial charge in [0, 0.05) is 10.6 Å². The standard InChI is InChI=1S/C15H13ClO2/c1-9-4-3-5-11(6-9)13-7-10(2)12(15(17)18)8-14(13)16/h3-8H,1-2H3,(H,17,18). The van der Waals surface area contributed by atoms with Crippen LogP contribution in [0.4, 0.5) is 0 Å². The van der Waals surface area contributed by atoms with E-state index in [1.807, 2.05) is 37.3 Å². The molecule has 18 heavy (non-hydrogen) atoms. The molecule has 0 aromatic heterocycles. The predicted molar refractivity (Wildman–Crippen MR) is 73.3 cm³/mol. The third kappa shape index (κ3) is 2.39. The van der Waals surface area contributed by atoms with Gasteiger partial charge in [0.1, 0.15) is 0 Å². The molecule has 2 aromatic carbocycles. The summed E-state index contributed by atoms with van der Waals surface area (Å²) < 4.78 is 0. The number of aryl methyl sites for hydroxylation is 2. The van der Waals surface area contributed by atoms with Gasteiger partial charge in [-0.25, -0.2) is 4.79 Å². The first-order valence-electron chi connectivity index (χ1n) is 5.59. The molecule has 2 rings (SSSR count). The van der Waals surface area contributed by atoms with Crippen LogP contribution in [0.15, 0.2) is 36.4 Å². The minimum absolute atomic E-state index is 0.247. The number of carboxylic acid groups (broad SMARTS) is 1. The average Bonchev–Trinajstić information content (AvgIpc) is 2.31. The van der Waals surface area contributed by atoms with Crippen LogP contribution in [-0.2, 0) is 0 Å². The lowest BCUT2D eigenvalue weighted by molar-refractivity contribution is 0.0696. The topological polar surface area (TPSA) is 37.3 Å². The van der Waals surface area contributed by atoms with Crippen molar-refractivity contribution in [2.24, 2.45) is 0 Å². The van der Waals surface area contributed by atoms with Crippen molar-refractivity contribution in [3.63, 3.8) is 0 Å². The molecule has 0 aliphatic carbocycles. The molecule has 0 aliphatic heterocycles. The lowest BCUT2D eigenvalue weighted by Gasteiger charge is -2.09. The first-order chi connectivity index (χ1) is 8.49. The summed E-state index contributed by atoms with van der Waals surface area (Å²) in [5.74, 6) is -0.954. The molecule has 0 saturated heterocycles. The Balaban J connectivity index is 2.60. The van der Waals surface area contributed by atoms with Gasteiger partial charge >= 0.3 is 5.97 Å². The van der Waals surface area contributed by atoms with E-state index in [1.54, 1.807) is 6.92 Å². The molecule has 0 bridgehead atoms. The van der Waals surface area contributed by atoms with E-state index < -0.39 is 5.97 Å². The summed E-state index contributed by atoms with van der Waals surface area (Å²) in [5.41, 5.74) is 3.96. The zero-order valence-electron chi connectivity index (χ0n) is 10.2. The molecular formula is C15H13ClO2. The van der Waals surface area contributed by atoms with Gasteiger partial charge in [-0.1, -0.05) is 41.4 Å². The highest BCUT2D eigenvalue weighted by atomic mass is 35.5. The fourth-order valence-corrected chi connectivity index (χ4v) is 2.22. The molecule has 92 valence electrons. The van der Waals surface area contributed by atoms with Crippen LogP contribution in [0.3, 0.4) is 0 Å². The number of hydrogen-bond acceptors (Lipinski definition) is 1. The number of carbonyl (C=O) groups is 1. The lowest BCUT2D eigenvalue weighted by Crippen LogP contribution is -2.00. The van der Waals surface area contributed by atoms with Crippen molar-refractivity contribution in [3.8, 4) is 11.1 Å². The molecular weight excluding hydrogens is 248 g/mol. The molecule has 0 radical (unpaired) electrons. The molecule has 0 fully saturated rings. The lowest BCUT2D eigenvalue weighted by atomic mass is 9.98. The summed E-state index contributed by atoms with van der Waals surface area (Å²) in [6.07, 6.45) is 0. The minimum Gasteiger partial charge on any atom is -0.478 e. The quantitative estimate of drug-likeness (QED) is 0.873. The second kappa shape index (κ2) is 4.83.